The van der Waals surface area contributed by atoms with Gasteiger partial charge in [-0.05, 0) is 30.9 Å². The molecule has 0 N–H and O–H groups in total. The first-order valence-electron chi connectivity index (χ1n) is 3.29. The van der Waals surface area contributed by atoms with Crippen LogP contribution < -0.4 is 10.0 Å². The van der Waals surface area contributed by atoms with E-state index in [2.05, 4.69) is 6.66 Å². The van der Waals surface area contributed by atoms with Crippen LogP contribution in [0.5, 0.6) is 5.75 Å². The molecule has 1 unspecified atom stereocenters. The van der Waals surface area contributed by atoms with Crippen LogP contribution in [0.25, 0.3) is 0 Å². The summed E-state index contributed by atoms with van der Waals surface area (Å²) in [7, 11) is 1.66. The number of ether oxygens (including phenoxy) is 1. The van der Waals surface area contributed by atoms with E-state index in [9.17, 15) is 0 Å². The summed E-state index contributed by atoms with van der Waals surface area (Å²) in [4.78, 5) is 0. The zero-order chi connectivity index (χ0) is 8.27. The lowest BCUT2D eigenvalue weighted by molar-refractivity contribution is 0.415. The highest BCUT2D eigenvalue weighted by Crippen LogP contribution is 2.16. The summed E-state index contributed by atoms with van der Waals surface area (Å²) in [6.45, 7) is 1.68. The smallest absolute Gasteiger partial charge is 0.118 e. The van der Waals surface area contributed by atoms with E-state index in [1.807, 2.05) is 24.3 Å². The predicted molar refractivity (Wildman–Crippen MR) is 52.8 cm³/mol. The van der Waals surface area contributed by atoms with E-state index >= 15 is 0 Å². The van der Waals surface area contributed by atoms with Crippen molar-refractivity contribution in [2.24, 2.45) is 0 Å². The van der Waals surface area contributed by atoms with E-state index in [0.717, 1.165) is 5.75 Å². The zero-order valence-electron chi connectivity index (χ0n) is 6.57. The van der Waals surface area contributed by atoms with Gasteiger partial charge >= 0.3 is 0 Å². The maximum Gasteiger partial charge on any atom is 0.118 e. The second kappa shape index (κ2) is 3.80. The van der Waals surface area contributed by atoms with Crippen LogP contribution in [0.3, 0.4) is 0 Å². The number of benzene rings is 1. The molecule has 1 atom stereocenters. The molecule has 0 spiro atoms. The summed E-state index contributed by atoms with van der Waals surface area (Å²) in [6, 6.07) is 7.94. The largest absolute Gasteiger partial charge is 0.497 e. The molecule has 0 amide bonds. The topological polar surface area (TPSA) is 9.23 Å². The van der Waals surface area contributed by atoms with Gasteiger partial charge in [-0.25, -0.2) is 0 Å². The molecule has 0 aromatic heterocycles. The Morgan fingerprint density at radius 2 is 1.82 bits per heavy atom. The number of methoxy groups -OCH3 is 1. The maximum atomic E-state index is 5.15. The van der Waals surface area contributed by atoms with Crippen LogP contribution >= 0.6 is 6.70 Å². The molecule has 0 saturated carbocycles. The molecule has 1 aromatic rings. The average molecular weight is 185 g/mol. The lowest BCUT2D eigenvalue weighted by Crippen LogP contribution is -1.93. The monoisotopic (exact) mass is 185 g/mol. The van der Waals surface area contributed by atoms with E-state index in [1.165, 1.54) is 5.30 Å². The van der Waals surface area contributed by atoms with Crippen LogP contribution in [-0.4, -0.2) is 13.8 Å². The van der Waals surface area contributed by atoms with Crippen molar-refractivity contribution < 1.29 is 4.74 Å². The van der Waals surface area contributed by atoms with Gasteiger partial charge in [0.1, 0.15) is 5.75 Å². The second-order valence-corrected chi connectivity index (χ2v) is 5.35. The van der Waals surface area contributed by atoms with Crippen molar-refractivity contribution in [3.05, 3.63) is 24.3 Å². The van der Waals surface area contributed by atoms with Crippen molar-refractivity contribution in [2.45, 2.75) is 0 Å². The van der Waals surface area contributed by atoms with Crippen LogP contribution in [0.15, 0.2) is 24.3 Å². The standard InChI is InChI=1S/C8H10OPS/c1-9-7-3-5-8(6-4-7)10(2)11/h3-6H,1-2H3. The summed E-state index contributed by atoms with van der Waals surface area (Å²) in [5, 5.41) is 1.23. The Morgan fingerprint density at radius 3 is 2.18 bits per heavy atom. The van der Waals surface area contributed by atoms with Gasteiger partial charge in [-0.1, -0.05) is 18.5 Å². The SMILES string of the molecule is COc1ccc([P](C)=S)cc1. The molecule has 0 saturated heterocycles. The summed E-state index contributed by atoms with van der Waals surface area (Å²) >= 11 is 5.15. The third-order valence-corrected chi connectivity index (χ3v) is 3.09. The Bertz CT molecular complexity index is 255. The zero-order valence-corrected chi connectivity index (χ0v) is 8.28. The van der Waals surface area contributed by atoms with E-state index < -0.39 is 0 Å². The molecule has 0 aliphatic carbocycles. The maximum absolute atomic E-state index is 5.15. The molecule has 1 rings (SSSR count). The van der Waals surface area contributed by atoms with Crippen LogP contribution in [-0.2, 0) is 11.8 Å². The number of hydrogen-bond acceptors (Lipinski definition) is 2. The van der Waals surface area contributed by atoms with Gasteiger partial charge in [0, 0.05) is 5.30 Å². The third kappa shape index (κ3) is 2.25. The molecule has 0 aliphatic heterocycles. The number of hydrogen-bond donors (Lipinski definition) is 0. The highest BCUT2D eigenvalue weighted by Gasteiger charge is 1.93. The minimum absolute atomic E-state index is 0.385. The minimum Gasteiger partial charge on any atom is -0.497 e. The molecule has 1 aromatic carbocycles. The Kier molecular flexibility index (Phi) is 2.98. The van der Waals surface area contributed by atoms with Crippen LogP contribution in [0.2, 0.25) is 0 Å². The predicted octanol–water partition coefficient (Wildman–Crippen LogP) is 1.89. The molecule has 1 radical (unpaired) electrons. The normalized spacial score (nSPS) is 10.9. The molecule has 59 valence electrons. The van der Waals surface area contributed by atoms with Gasteiger partial charge in [-0.3, -0.25) is 0 Å². The lowest BCUT2D eigenvalue weighted by atomic mass is 10.3. The van der Waals surface area contributed by atoms with Crippen molar-refractivity contribution in [3.8, 4) is 5.75 Å². The molecular weight excluding hydrogens is 175 g/mol. The Hall–Kier alpha value is -0.460. The molecular formula is C8H10OPS. The fraction of sp³-hybridized carbons (Fsp3) is 0.250. The molecule has 3 heteroatoms. The molecule has 11 heavy (non-hydrogen) atoms. The van der Waals surface area contributed by atoms with Crippen molar-refractivity contribution in [1.82, 2.24) is 0 Å². The summed E-state index contributed by atoms with van der Waals surface area (Å²) in [6.07, 6.45) is 0. The first-order valence-corrected chi connectivity index (χ1v) is 6.09. The quantitative estimate of drug-likeness (QED) is 0.651. The second-order valence-electron chi connectivity index (χ2n) is 2.20. The van der Waals surface area contributed by atoms with Crippen LogP contribution in [0.4, 0.5) is 0 Å². The van der Waals surface area contributed by atoms with Gasteiger partial charge in [0.25, 0.3) is 0 Å². The van der Waals surface area contributed by atoms with E-state index in [1.54, 1.807) is 7.11 Å². The van der Waals surface area contributed by atoms with Crippen molar-refractivity contribution in [3.63, 3.8) is 0 Å². The Balaban J connectivity index is 2.91. The van der Waals surface area contributed by atoms with Gasteiger partial charge < -0.3 is 4.74 Å². The molecule has 0 aliphatic rings. The van der Waals surface area contributed by atoms with Gasteiger partial charge in [0.2, 0.25) is 0 Å². The highest BCUT2D eigenvalue weighted by atomic mass is 32.4. The average Bonchev–Trinajstić information content (AvgIpc) is 2.05. The van der Waals surface area contributed by atoms with E-state index in [4.69, 9.17) is 16.5 Å². The van der Waals surface area contributed by atoms with Gasteiger partial charge in [0.05, 0.1) is 7.11 Å². The Labute approximate surface area is 72.8 Å². The number of rotatable bonds is 2. The summed E-state index contributed by atoms with van der Waals surface area (Å²) < 4.78 is 5.02. The molecule has 0 fully saturated rings. The summed E-state index contributed by atoms with van der Waals surface area (Å²) in [5.74, 6) is 0.889. The van der Waals surface area contributed by atoms with Crippen LogP contribution in [0, 0.1) is 0 Å². The van der Waals surface area contributed by atoms with Gasteiger partial charge in [0.15, 0.2) is 0 Å². The fourth-order valence-electron chi connectivity index (χ4n) is 0.792. The lowest BCUT2D eigenvalue weighted by Gasteiger charge is -2.00. The van der Waals surface area contributed by atoms with Gasteiger partial charge in [-0.2, -0.15) is 0 Å². The van der Waals surface area contributed by atoms with Crippen molar-refractivity contribution in [2.75, 3.05) is 13.8 Å². The van der Waals surface area contributed by atoms with Gasteiger partial charge in [-0.15, -0.1) is 0 Å². The highest BCUT2D eigenvalue weighted by molar-refractivity contribution is 8.08. The van der Waals surface area contributed by atoms with Crippen molar-refractivity contribution in [1.29, 1.82) is 0 Å². The van der Waals surface area contributed by atoms with E-state index in [0.29, 0.717) is 0 Å². The molecule has 0 heterocycles. The third-order valence-electron chi connectivity index (χ3n) is 1.44. The first kappa shape index (κ1) is 8.63. The fourth-order valence-corrected chi connectivity index (χ4v) is 1.73. The van der Waals surface area contributed by atoms with E-state index in [-0.39, 0.29) is 6.70 Å². The molecule has 0 bridgehead atoms. The van der Waals surface area contributed by atoms with Crippen molar-refractivity contribution >= 4 is 23.8 Å². The summed E-state index contributed by atoms with van der Waals surface area (Å²) in [5.41, 5.74) is 0. The minimum atomic E-state index is -0.385. The first-order chi connectivity index (χ1) is 5.24. The molecule has 1 nitrogen and oxygen atoms in total. The van der Waals surface area contributed by atoms with Crippen LogP contribution in [0.1, 0.15) is 0 Å². The Morgan fingerprint density at radius 1 is 1.27 bits per heavy atom.